The quantitative estimate of drug-likeness (QED) is 0.661. The number of ether oxygens (including phenoxy) is 1. The third kappa shape index (κ3) is 8.39. The van der Waals surface area contributed by atoms with Crippen molar-refractivity contribution in [1.29, 1.82) is 0 Å². The summed E-state index contributed by atoms with van der Waals surface area (Å²) < 4.78 is 5.13. The maximum Gasteiger partial charge on any atom is 0.222 e. The molecule has 1 saturated heterocycles. The second-order valence-electron chi connectivity index (χ2n) is 6.22. The largest absolute Gasteiger partial charge is 0.383 e. The van der Waals surface area contributed by atoms with Crippen molar-refractivity contribution in [2.24, 2.45) is 0 Å². The Kier molecular flexibility index (Phi) is 9.63. The number of nitrogens with zero attached hydrogens (tertiary/aromatic N) is 2. The summed E-state index contributed by atoms with van der Waals surface area (Å²) in [6, 6.07) is 0.536. The van der Waals surface area contributed by atoms with Crippen LogP contribution in [0.4, 0.5) is 0 Å². The Morgan fingerprint density at radius 3 is 2.67 bits per heavy atom. The molecule has 1 rings (SSSR count). The lowest BCUT2D eigenvalue weighted by Gasteiger charge is -2.26. The van der Waals surface area contributed by atoms with Gasteiger partial charge in [0.1, 0.15) is 0 Å². The first-order valence-electron chi connectivity index (χ1n) is 8.28. The lowest BCUT2D eigenvalue weighted by molar-refractivity contribution is -0.132. The molecular weight excluding hydrogens is 266 g/mol. The van der Waals surface area contributed by atoms with E-state index < -0.39 is 0 Å². The zero-order valence-electron chi connectivity index (χ0n) is 14.1. The van der Waals surface area contributed by atoms with Crippen molar-refractivity contribution in [2.75, 3.05) is 54.0 Å². The molecule has 1 amide bonds. The molecule has 5 nitrogen and oxygen atoms in total. The van der Waals surface area contributed by atoms with Gasteiger partial charge in [0.15, 0.2) is 0 Å². The summed E-state index contributed by atoms with van der Waals surface area (Å²) in [5, 5.41) is 3.51. The number of methoxy groups -OCH3 is 1. The molecule has 0 spiro atoms. The van der Waals surface area contributed by atoms with E-state index in [4.69, 9.17) is 4.74 Å². The van der Waals surface area contributed by atoms with Crippen molar-refractivity contribution < 1.29 is 9.53 Å². The lowest BCUT2D eigenvalue weighted by Crippen LogP contribution is -2.38. The maximum atomic E-state index is 12.4. The molecule has 124 valence electrons. The van der Waals surface area contributed by atoms with E-state index in [2.05, 4.69) is 24.3 Å². The van der Waals surface area contributed by atoms with Crippen LogP contribution in [-0.2, 0) is 9.53 Å². The van der Waals surface area contributed by atoms with Crippen molar-refractivity contribution in [3.8, 4) is 0 Å². The first-order valence-corrected chi connectivity index (χ1v) is 8.28. The van der Waals surface area contributed by atoms with E-state index in [0.717, 1.165) is 32.5 Å². The van der Waals surface area contributed by atoms with Crippen LogP contribution in [0.1, 0.15) is 38.5 Å². The Morgan fingerprint density at radius 2 is 2.05 bits per heavy atom. The van der Waals surface area contributed by atoms with Crippen molar-refractivity contribution in [3.63, 3.8) is 0 Å². The lowest BCUT2D eigenvalue weighted by atomic mass is 10.0. The third-order valence-electron chi connectivity index (χ3n) is 4.07. The number of hydrogen-bond donors (Lipinski definition) is 1. The van der Waals surface area contributed by atoms with E-state index in [1.54, 1.807) is 7.11 Å². The van der Waals surface area contributed by atoms with E-state index in [1.165, 1.54) is 19.3 Å². The minimum Gasteiger partial charge on any atom is -0.383 e. The van der Waals surface area contributed by atoms with Gasteiger partial charge >= 0.3 is 0 Å². The second-order valence-corrected chi connectivity index (χ2v) is 6.22. The van der Waals surface area contributed by atoms with Crippen LogP contribution in [0.3, 0.4) is 0 Å². The summed E-state index contributed by atoms with van der Waals surface area (Å²) in [7, 11) is 5.82. The monoisotopic (exact) mass is 299 g/mol. The highest BCUT2D eigenvalue weighted by Crippen LogP contribution is 2.12. The van der Waals surface area contributed by atoms with Gasteiger partial charge < -0.3 is 19.9 Å². The highest BCUT2D eigenvalue weighted by Gasteiger charge is 2.17. The summed E-state index contributed by atoms with van der Waals surface area (Å²) in [5.74, 6) is 0.276. The summed E-state index contributed by atoms with van der Waals surface area (Å²) in [6.07, 6.45) is 6.42. The Hall–Kier alpha value is -0.650. The first kappa shape index (κ1) is 18.4. The van der Waals surface area contributed by atoms with Crippen molar-refractivity contribution in [2.45, 2.75) is 44.6 Å². The molecule has 0 aromatic rings. The Bertz CT molecular complexity index is 279. The normalized spacial score (nSPS) is 19.0. The molecule has 0 aromatic heterocycles. The van der Waals surface area contributed by atoms with Gasteiger partial charge in [0.2, 0.25) is 5.91 Å². The van der Waals surface area contributed by atoms with Gasteiger partial charge in [-0.15, -0.1) is 0 Å². The molecule has 1 atom stereocenters. The van der Waals surface area contributed by atoms with E-state index in [9.17, 15) is 4.79 Å². The van der Waals surface area contributed by atoms with Gasteiger partial charge in [0.25, 0.3) is 0 Å². The van der Waals surface area contributed by atoms with Gasteiger partial charge in [0.05, 0.1) is 6.61 Å². The van der Waals surface area contributed by atoms with Crippen LogP contribution in [0.25, 0.3) is 0 Å². The van der Waals surface area contributed by atoms with Gasteiger partial charge in [-0.2, -0.15) is 0 Å². The van der Waals surface area contributed by atoms with Crippen molar-refractivity contribution >= 4 is 5.91 Å². The molecule has 1 unspecified atom stereocenters. The van der Waals surface area contributed by atoms with Crippen LogP contribution < -0.4 is 5.32 Å². The minimum atomic E-state index is 0.276. The smallest absolute Gasteiger partial charge is 0.222 e. The molecule has 0 radical (unpaired) electrons. The summed E-state index contributed by atoms with van der Waals surface area (Å²) in [4.78, 5) is 16.5. The molecule has 0 aliphatic carbocycles. The fourth-order valence-corrected chi connectivity index (χ4v) is 2.77. The molecule has 1 aliphatic heterocycles. The SMILES string of the molecule is COCCN(CCCN(C)C)C(=O)CCC1CCCCN1. The van der Waals surface area contributed by atoms with Crippen LogP contribution in [0, 0.1) is 0 Å². The zero-order chi connectivity index (χ0) is 15.5. The van der Waals surface area contributed by atoms with Crippen LogP contribution in [0.2, 0.25) is 0 Å². The maximum absolute atomic E-state index is 12.4. The van der Waals surface area contributed by atoms with Crippen LogP contribution in [-0.4, -0.2) is 75.7 Å². The Morgan fingerprint density at radius 1 is 1.24 bits per heavy atom. The van der Waals surface area contributed by atoms with Crippen molar-refractivity contribution in [1.82, 2.24) is 15.1 Å². The number of amides is 1. The summed E-state index contributed by atoms with van der Waals surface area (Å²) >= 11 is 0. The first-order chi connectivity index (χ1) is 10.1. The number of piperidine rings is 1. The number of hydrogen-bond acceptors (Lipinski definition) is 4. The molecule has 1 fully saturated rings. The van der Waals surface area contributed by atoms with E-state index in [-0.39, 0.29) is 5.91 Å². The predicted molar refractivity (Wildman–Crippen MR) is 86.5 cm³/mol. The average Bonchev–Trinajstić information content (AvgIpc) is 2.49. The van der Waals surface area contributed by atoms with E-state index >= 15 is 0 Å². The molecule has 21 heavy (non-hydrogen) atoms. The number of nitrogens with one attached hydrogen (secondary N) is 1. The zero-order valence-corrected chi connectivity index (χ0v) is 14.1. The molecule has 1 N–H and O–H groups in total. The molecule has 1 aliphatic rings. The number of rotatable bonds is 10. The molecule has 1 heterocycles. The predicted octanol–water partition coefficient (Wildman–Crippen LogP) is 1.34. The number of carbonyl (C=O) groups is 1. The van der Waals surface area contributed by atoms with E-state index in [1.807, 2.05) is 4.90 Å². The van der Waals surface area contributed by atoms with Crippen LogP contribution in [0.15, 0.2) is 0 Å². The third-order valence-corrected chi connectivity index (χ3v) is 4.07. The van der Waals surface area contributed by atoms with Gasteiger partial charge in [-0.05, 0) is 52.9 Å². The summed E-state index contributed by atoms with van der Waals surface area (Å²) in [5.41, 5.74) is 0. The van der Waals surface area contributed by atoms with Gasteiger partial charge in [-0.3, -0.25) is 4.79 Å². The molecule has 0 saturated carbocycles. The van der Waals surface area contributed by atoms with Crippen LogP contribution >= 0.6 is 0 Å². The van der Waals surface area contributed by atoms with Crippen LogP contribution in [0.5, 0.6) is 0 Å². The van der Waals surface area contributed by atoms with Gasteiger partial charge in [0, 0.05) is 32.7 Å². The second kappa shape index (κ2) is 11.0. The number of carbonyl (C=O) groups excluding carboxylic acids is 1. The van der Waals surface area contributed by atoms with Crippen molar-refractivity contribution in [3.05, 3.63) is 0 Å². The Balaban J connectivity index is 2.30. The van der Waals surface area contributed by atoms with E-state index in [0.29, 0.717) is 25.6 Å². The summed E-state index contributed by atoms with van der Waals surface area (Å²) in [6.45, 7) is 4.28. The Labute approximate surface area is 130 Å². The standard InChI is InChI=1S/C16H33N3O2/c1-18(2)11-6-12-19(13-14-21-3)16(20)9-8-15-7-4-5-10-17-15/h15,17H,4-14H2,1-3H3. The minimum absolute atomic E-state index is 0.276. The van der Waals surface area contributed by atoms with Gasteiger partial charge in [-0.1, -0.05) is 6.42 Å². The molecule has 0 aromatic carbocycles. The highest BCUT2D eigenvalue weighted by molar-refractivity contribution is 5.76. The fraction of sp³-hybridized carbons (Fsp3) is 0.938. The average molecular weight is 299 g/mol. The molecule has 5 heteroatoms. The van der Waals surface area contributed by atoms with Gasteiger partial charge in [-0.25, -0.2) is 0 Å². The fourth-order valence-electron chi connectivity index (χ4n) is 2.77. The highest BCUT2D eigenvalue weighted by atomic mass is 16.5. The topological polar surface area (TPSA) is 44.8 Å². The molecule has 0 bridgehead atoms. The molecular formula is C16H33N3O2.